The molecule has 0 unspecified atom stereocenters. The molecule has 1 aliphatic carbocycles. The molecule has 0 atom stereocenters. The molecule has 3 rings (SSSR count). The fraction of sp³-hybridized carbons (Fsp3) is 0.0714. The van der Waals surface area contributed by atoms with E-state index in [4.69, 9.17) is 0 Å². The van der Waals surface area contributed by atoms with Crippen LogP contribution in [0.5, 0.6) is 0 Å². The highest BCUT2D eigenvalue weighted by molar-refractivity contribution is 5.59. The van der Waals surface area contributed by atoms with Gasteiger partial charge in [-0.05, 0) is 30.3 Å². The minimum atomic E-state index is -0.230. The second-order valence-corrected chi connectivity index (χ2v) is 4.01. The lowest BCUT2D eigenvalue weighted by Gasteiger charge is -1.98. The molecule has 1 aromatic heterocycles. The Morgan fingerprint density at radius 3 is 2.47 bits per heavy atom. The molecule has 0 bridgehead atoms. The third kappa shape index (κ3) is 1.91. The van der Waals surface area contributed by atoms with Gasteiger partial charge in [0.1, 0.15) is 5.82 Å². The summed E-state index contributed by atoms with van der Waals surface area (Å²) in [7, 11) is 0. The summed E-state index contributed by atoms with van der Waals surface area (Å²) in [5, 5.41) is 7.26. The van der Waals surface area contributed by atoms with Crippen molar-refractivity contribution < 1.29 is 4.39 Å². The molecule has 1 aromatic carbocycles. The summed E-state index contributed by atoms with van der Waals surface area (Å²) >= 11 is 0. The van der Waals surface area contributed by atoms with Crippen LogP contribution in [0.4, 0.5) is 4.39 Å². The van der Waals surface area contributed by atoms with E-state index in [0.29, 0.717) is 0 Å². The quantitative estimate of drug-likeness (QED) is 0.835. The first-order chi connectivity index (χ1) is 8.33. The molecule has 17 heavy (non-hydrogen) atoms. The van der Waals surface area contributed by atoms with Gasteiger partial charge in [0.05, 0.1) is 5.69 Å². The topological polar surface area (TPSA) is 28.7 Å². The Balaban J connectivity index is 1.92. The number of rotatable bonds is 2. The second-order valence-electron chi connectivity index (χ2n) is 4.01. The van der Waals surface area contributed by atoms with Crippen LogP contribution >= 0.6 is 0 Å². The fourth-order valence-electron chi connectivity index (χ4n) is 1.92. The van der Waals surface area contributed by atoms with Gasteiger partial charge < -0.3 is 0 Å². The van der Waals surface area contributed by atoms with Gasteiger partial charge in [-0.25, -0.2) is 4.39 Å². The number of hydrogen-bond acceptors (Lipinski definition) is 1. The van der Waals surface area contributed by atoms with Crippen molar-refractivity contribution >= 4 is 0 Å². The molecule has 0 saturated heterocycles. The maximum Gasteiger partial charge on any atom is 0.123 e. The Kier molecular flexibility index (Phi) is 2.37. The van der Waals surface area contributed by atoms with Gasteiger partial charge in [-0.15, -0.1) is 0 Å². The number of H-pyrrole nitrogens is 1. The maximum atomic E-state index is 12.8. The molecular weight excluding hydrogens is 215 g/mol. The van der Waals surface area contributed by atoms with Crippen molar-refractivity contribution in [3.8, 4) is 11.3 Å². The van der Waals surface area contributed by atoms with E-state index in [2.05, 4.69) is 22.3 Å². The number of nitrogens with one attached hydrogen (secondary N) is 1. The normalized spacial score (nSPS) is 14.6. The predicted octanol–water partition coefficient (Wildman–Crippen LogP) is 3.43. The van der Waals surface area contributed by atoms with Crippen LogP contribution in [-0.2, 0) is 0 Å². The van der Waals surface area contributed by atoms with Gasteiger partial charge in [-0.3, -0.25) is 5.10 Å². The van der Waals surface area contributed by atoms with Crippen LogP contribution in [0.25, 0.3) is 11.3 Å². The van der Waals surface area contributed by atoms with Gasteiger partial charge in [-0.1, -0.05) is 24.3 Å². The van der Waals surface area contributed by atoms with E-state index in [1.807, 2.05) is 18.2 Å². The summed E-state index contributed by atoms with van der Waals surface area (Å²) in [6.07, 6.45) is 8.23. The summed E-state index contributed by atoms with van der Waals surface area (Å²) in [5.41, 5.74) is 2.81. The first kappa shape index (κ1) is 10.0. The lowest BCUT2D eigenvalue weighted by atomic mass is 10.1. The van der Waals surface area contributed by atoms with E-state index in [1.165, 1.54) is 12.1 Å². The van der Waals surface area contributed by atoms with Crippen LogP contribution in [0.2, 0.25) is 0 Å². The van der Waals surface area contributed by atoms with E-state index in [9.17, 15) is 4.39 Å². The SMILES string of the molecule is Fc1ccc(-c2cc(C3C=CC=C3)[nH]n2)cc1. The average Bonchev–Trinajstić information content (AvgIpc) is 3.00. The van der Waals surface area contributed by atoms with Crippen molar-refractivity contribution in [3.05, 3.63) is 66.1 Å². The van der Waals surface area contributed by atoms with Crippen LogP contribution in [-0.4, -0.2) is 10.2 Å². The van der Waals surface area contributed by atoms with Gasteiger partial charge in [0.2, 0.25) is 0 Å². The van der Waals surface area contributed by atoms with E-state index in [1.54, 1.807) is 12.1 Å². The molecule has 2 aromatic rings. The molecule has 0 aliphatic heterocycles. The lowest BCUT2D eigenvalue weighted by Crippen LogP contribution is -1.87. The van der Waals surface area contributed by atoms with Crippen molar-refractivity contribution in [1.82, 2.24) is 10.2 Å². The van der Waals surface area contributed by atoms with Crippen LogP contribution in [0.15, 0.2) is 54.6 Å². The van der Waals surface area contributed by atoms with Crippen molar-refractivity contribution in [2.24, 2.45) is 0 Å². The molecule has 0 amide bonds. The third-order valence-corrected chi connectivity index (χ3v) is 2.84. The van der Waals surface area contributed by atoms with E-state index >= 15 is 0 Å². The standard InChI is InChI=1S/C14H11FN2/c15-12-7-5-11(6-8-12)14-9-13(16-17-14)10-3-1-2-4-10/h1-10H,(H,16,17). The number of halogens is 1. The van der Waals surface area contributed by atoms with Crippen molar-refractivity contribution in [3.63, 3.8) is 0 Å². The van der Waals surface area contributed by atoms with Crippen molar-refractivity contribution in [2.45, 2.75) is 5.92 Å². The van der Waals surface area contributed by atoms with E-state index < -0.39 is 0 Å². The zero-order valence-electron chi connectivity index (χ0n) is 9.10. The number of nitrogens with zero attached hydrogens (tertiary/aromatic N) is 1. The van der Waals surface area contributed by atoms with Gasteiger partial charge in [-0.2, -0.15) is 5.10 Å². The molecular formula is C14H11FN2. The van der Waals surface area contributed by atoms with Crippen LogP contribution in [0.3, 0.4) is 0 Å². The zero-order chi connectivity index (χ0) is 11.7. The number of allylic oxidation sites excluding steroid dienone is 4. The Bertz CT molecular complexity index is 567. The number of benzene rings is 1. The first-order valence-corrected chi connectivity index (χ1v) is 5.49. The highest BCUT2D eigenvalue weighted by Crippen LogP contribution is 2.25. The third-order valence-electron chi connectivity index (χ3n) is 2.84. The molecule has 2 nitrogen and oxygen atoms in total. The minimum absolute atomic E-state index is 0.230. The molecule has 1 aliphatic rings. The van der Waals surface area contributed by atoms with Crippen LogP contribution in [0.1, 0.15) is 11.6 Å². The molecule has 1 heterocycles. The highest BCUT2D eigenvalue weighted by atomic mass is 19.1. The molecule has 84 valence electrons. The molecule has 0 radical (unpaired) electrons. The van der Waals surface area contributed by atoms with Crippen LogP contribution in [0, 0.1) is 5.82 Å². The van der Waals surface area contributed by atoms with Crippen molar-refractivity contribution in [1.29, 1.82) is 0 Å². The number of aromatic amines is 1. The van der Waals surface area contributed by atoms with E-state index in [-0.39, 0.29) is 11.7 Å². The van der Waals surface area contributed by atoms with Gasteiger partial charge in [0.25, 0.3) is 0 Å². The van der Waals surface area contributed by atoms with Gasteiger partial charge in [0, 0.05) is 17.2 Å². The molecule has 0 saturated carbocycles. The van der Waals surface area contributed by atoms with Crippen molar-refractivity contribution in [2.75, 3.05) is 0 Å². The Labute approximate surface area is 98.5 Å². The molecule has 0 spiro atoms. The molecule has 1 N–H and O–H groups in total. The largest absolute Gasteiger partial charge is 0.281 e. The minimum Gasteiger partial charge on any atom is -0.281 e. The summed E-state index contributed by atoms with van der Waals surface area (Å²) in [4.78, 5) is 0. The second kappa shape index (κ2) is 4.01. The lowest BCUT2D eigenvalue weighted by molar-refractivity contribution is 0.628. The fourth-order valence-corrected chi connectivity index (χ4v) is 1.92. The number of aromatic nitrogens is 2. The summed E-state index contributed by atoms with van der Waals surface area (Å²) in [6.45, 7) is 0. The predicted molar refractivity (Wildman–Crippen MR) is 65.0 cm³/mol. The van der Waals surface area contributed by atoms with E-state index in [0.717, 1.165) is 17.0 Å². The Morgan fingerprint density at radius 2 is 1.76 bits per heavy atom. The average molecular weight is 226 g/mol. The summed E-state index contributed by atoms with van der Waals surface area (Å²) in [5.74, 6) is 0.0443. The summed E-state index contributed by atoms with van der Waals surface area (Å²) in [6, 6.07) is 8.35. The smallest absolute Gasteiger partial charge is 0.123 e. The highest BCUT2D eigenvalue weighted by Gasteiger charge is 2.11. The monoisotopic (exact) mass is 226 g/mol. The molecule has 3 heteroatoms. The zero-order valence-corrected chi connectivity index (χ0v) is 9.10. The van der Waals surface area contributed by atoms with Gasteiger partial charge >= 0.3 is 0 Å². The number of hydrogen-bond donors (Lipinski definition) is 1. The van der Waals surface area contributed by atoms with Crippen LogP contribution < -0.4 is 0 Å². The molecule has 0 fully saturated rings. The summed E-state index contributed by atoms with van der Waals surface area (Å²) < 4.78 is 12.8. The Morgan fingerprint density at radius 1 is 1.06 bits per heavy atom. The first-order valence-electron chi connectivity index (χ1n) is 5.49. The maximum absolute atomic E-state index is 12.8. The van der Waals surface area contributed by atoms with Gasteiger partial charge in [0.15, 0.2) is 0 Å². The Hall–Kier alpha value is -2.16.